The average Bonchev–Trinajstić information content (AvgIpc) is 2.63. The maximum absolute atomic E-state index is 5.97. The summed E-state index contributed by atoms with van der Waals surface area (Å²) in [7, 11) is 1.88. The predicted octanol–water partition coefficient (Wildman–Crippen LogP) is 2.53. The fraction of sp³-hybridized carbons (Fsp3) is 0.400. The number of hydrogen-bond donors (Lipinski definition) is 0. The zero-order chi connectivity index (χ0) is 12.4. The lowest BCUT2D eigenvalue weighted by molar-refractivity contribution is 0.749. The highest BCUT2D eigenvalue weighted by Crippen LogP contribution is 2.26. The van der Waals surface area contributed by atoms with E-state index in [4.69, 9.17) is 11.6 Å². The molecule has 0 fully saturated rings. The van der Waals surface area contributed by atoms with Gasteiger partial charge in [0.2, 0.25) is 0 Å². The van der Waals surface area contributed by atoms with Crippen molar-refractivity contribution in [3.8, 4) is 0 Å². The summed E-state index contributed by atoms with van der Waals surface area (Å²) in [6.45, 7) is 4.06. The molecule has 0 aromatic carbocycles. The van der Waals surface area contributed by atoms with E-state index in [1.807, 2.05) is 25.5 Å². The average molecular weight is 270 g/mol. The first-order chi connectivity index (χ1) is 8.06. The molecule has 0 aliphatic rings. The Morgan fingerprint density at radius 3 is 2.71 bits per heavy atom. The van der Waals surface area contributed by atoms with Gasteiger partial charge in [0.25, 0.3) is 0 Å². The van der Waals surface area contributed by atoms with Crippen molar-refractivity contribution in [3.63, 3.8) is 0 Å². The molecule has 90 valence electrons. The highest BCUT2D eigenvalue weighted by molar-refractivity contribution is 7.99. The number of aryl methyl sites for hydroxylation is 1. The first-order valence-corrected chi connectivity index (χ1v) is 6.32. The molecule has 0 N–H and O–H groups in total. The van der Waals surface area contributed by atoms with Crippen molar-refractivity contribution in [1.29, 1.82) is 0 Å². The van der Waals surface area contributed by atoms with E-state index in [0.29, 0.717) is 5.15 Å². The molecule has 5 nitrogen and oxygen atoms in total. The summed E-state index contributed by atoms with van der Waals surface area (Å²) in [6.07, 6.45) is 1.65. The minimum Gasteiger partial charge on any atom is -0.311 e. The van der Waals surface area contributed by atoms with Crippen molar-refractivity contribution in [2.24, 2.45) is 7.05 Å². The topological polar surface area (TPSA) is 56.5 Å². The smallest absolute Gasteiger partial charge is 0.197 e. The monoisotopic (exact) mass is 269 g/mol. The Morgan fingerprint density at radius 1 is 1.35 bits per heavy atom. The highest BCUT2D eigenvalue weighted by Gasteiger charge is 2.10. The molecule has 2 aromatic heterocycles. The van der Waals surface area contributed by atoms with Crippen LogP contribution in [0.2, 0.25) is 5.15 Å². The first kappa shape index (κ1) is 12.3. The normalized spacial score (nSPS) is 11.1. The van der Waals surface area contributed by atoms with Gasteiger partial charge in [0.15, 0.2) is 5.16 Å². The van der Waals surface area contributed by atoms with Gasteiger partial charge in [-0.15, -0.1) is 10.2 Å². The maximum atomic E-state index is 5.97. The van der Waals surface area contributed by atoms with Crippen LogP contribution in [-0.2, 0) is 7.05 Å². The van der Waals surface area contributed by atoms with Crippen molar-refractivity contribution >= 4 is 23.4 Å². The molecular weight excluding hydrogens is 258 g/mol. The van der Waals surface area contributed by atoms with Crippen LogP contribution in [0, 0.1) is 0 Å². The Balaban J connectivity index is 2.30. The number of hydrogen-bond acceptors (Lipinski definition) is 5. The molecule has 0 saturated heterocycles. The molecule has 0 radical (unpaired) electrons. The van der Waals surface area contributed by atoms with E-state index in [9.17, 15) is 0 Å². The molecule has 2 heterocycles. The SMILES string of the molecule is CC(C)c1nc(Cl)cc(Sc2nncn2C)n1. The number of halogens is 1. The van der Waals surface area contributed by atoms with E-state index < -0.39 is 0 Å². The van der Waals surface area contributed by atoms with Crippen molar-refractivity contribution in [2.75, 3.05) is 0 Å². The van der Waals surface area contributed by atoms with Crippen molar-refractivity contribution in [1.82, 2.24) is 24.7 Å². The van der Waals surface area contributed by atoms with E-state index in [1.54, 1.807) is 12.4 Å². The molecule has 0 spiro atoms. The third kappa shape index (κ3) is 2.95. The Kier molecular flexibility index (Phi) is 3.63. The molecule has 0 aliphatic heterocycles. The van der Waals surface area contributed by atoms with Crippen LogP contribution in [-0.4, -0.2) is 24.7 Å². The Morgan fingerprint density at radius 2 is 2.12 bits per heavy atom. The highest BCUT2D eigenvalue weighted by atomic mass is 35.5. The summed E-state index contributed by atoms with van der Waals surface area (Å²) in [4.78, 5) is 8.62. The lowest BCUT2D eigenvalue weighted by Gasteiger charge is -2.06. The van der Waals surface area contributed by atoms with Crippen LogP contribution in [0.1, 0.15) is 25.6 Å². The molecule has 2 rings (SSSR count). The van der Waals surface area contributed by atoms with E-state index >= 15 is 0 Å². The van der Waals surface area contributed by atoms with Crippen LogP contribution in [0.15, 0.2) is 22.6 Å². The quantitative estimate of drug-likeness (QED) is 0.802. The minimum absolute atomic E-state index is 0.243. The van der Waals surface area contributed by atoms with Crippen LogP contribution in [0.5, 0.6) is 0 Å². The van der Waals surface area contributed by atoms with E-state index in [-0.39, 0.29) is 5.92 Å². The van der Waals surface area contributed by atoms with Crippen molar-refractivity contribution < 1.29 is 0 Å². The largest absolute Gasteiger partial charge is 0.311 e. The molecule has 0 saturated carbocycles. The summed E-state index contributed by atoms with van der Waals surface area (Å²) in [5.41, 5.74) is 0. The number of rotatable bonds is 3. The van der Waals surface area contributed by atoms with E-state index in [1.165, 1.54) is 11.8 Å². The molecular formula is C10H12ClN5S. The van der Waals surface area contributed by atoms with Crippen LogP contribution in [0.4, 0.5) is 0 Å². The van der Waals surface area contributed by atoms with Gasteiger partial charge in [0.1, 0.15) is 22.3 Å². The van der Waals surface area contributed by atoms with Gasteiger partial charge in [0.05, 0.1) is 0 Å². The second kappa shape index (κ2) is 5.01. The summed E-state index contributed by atoms with van der Waals surface area (Å²) in [6, 6.07) is 1.73. The Hall–Kier alpha value is -1.14. The van der Waals surface area contributed by atoms with Gasteiger partial charge in [-0.3, -0.25) is 0 Å². The lowest BCUT2D eigenvalue weighted by Crippen LogP contribution is -1.99. The molecule has 0 atom stereocenters. The van der Waals surface area contributed by atoms with Crippen LogP contribution >= 0.6 is 23.4 Å². The summed E-state index contributed by atoms with van der Waals surface area (Å²) in [5, 5.41) is 9.81. The lowest BCUT2D eigenvalue weighted by atomic mass is 10.2. The zero-order valence-electron chi connectivity index (χ0n) is 9.75. The minimum atomic E-state index is 0.243. The molecule has 0 amide bonds. The summed E-state index contributed by atoms with van der Waals surface area (Å²) in [5.74, 6) is 0.981. The standard InChI is InChI=1S/C10H12ClN5S/c1-6(2)9-13-7(11)4-8(14-9)17-10-15-12-5-16(10)3/h4-6H,1-3H3. The first-order valence-electron chi connectivity index (χ1n) is 5.12. The van der Waals surface area contributed by atoms with Gasteiger partial charge >= 0.3 is 0 Å². The molecule has 0 unspecified atom stereocenters. The third-order valence-corrected chi connectivity index (χ3v) is 3.23. The third-order valence-electron chi connectivity index (χ3n) is 2.07. The fourth-order valence-corrected chi connectivity index (χ4v) is 2.21. The molecule has 7 heteroatoms. The second-order valence-electron chi connectivity index (χ2n) is 3.87. The van der Waals surface area contributed by atoms with Gasteiger partial charge in [-0.1, -0.05) is 25.4 Å². The van der Waals surface area contributed by atoms with Crippen LogP contribution in [0.25, 0.3) is 0 Å². The zero-order valence-corrected chi connectivity index (χ0v) is 11.3. The van der Waals surface area contributed by atoms with Crippen LogP contribution in [0.3, 0.4) is 0 Å². The fourth-order valence-electron chi connectivity index (χ4n) is 1.18. The molecule has 2 aromatic rings. The van der Waals surface area contributed by atoms with E-state index in [2.05, 4.69) is 20.2 Å². The predicted molar refractivity (Wildman–Crippen MR) is 66.3 cm³/mol. The number of nitrogens with zero attached hydrogens (tertiary/aromatic N) is 5. The Bertz CT molecular complexity index is 525. The van der Waals surface area contributed by atoms with Gasteiger partial charge in [-0.2, -0.15) is 0 Å². The second-order valence-corrected chi connectivity index (χ2v) is 5.24. The number of aromatic nitrogens is 5. The summed E-state index contributed by atoms with van der Waals surface area (Å²) >= 11 is 7.39. The molecule has 0 bridgehead atoms. The van der Waals surface area contributed by atoms with Crippen LogP contribution < -0.4 is 0 Å². The maximum Gasteiger partial charge on any atom is 0.197 e. The van der Waals surface area contributed by atoms with Gasteiger partial charge < -0.3 is 4.57 Å². The molecule has 0 aliphatic carbocycles. The summed E-state index contributed by atoms with van der Waals surface area (Å²) < 4.78 is 1.83. The van der Waals surface area contributed by atoms with Gasteiger partial charge in [0, 0.05) is 19.0 Å². The van der Waals surface area contributed by atoms with Gasteiger partial charge in [-0.25, -0.2) is 9.97 Å². The van der Waals surface area contributed by atoms with Crippen molar-refractivity contribution in [3.05, 3.63) is 23.4 Å². The molecule has 17 heavy (non-hydrogen) atoms. The van der Waals surface area contributed by atoms with E-state index in [0.717, 1.165) is 16.0 Å². The Labute approximate surface area is 109 Å². The van der Waals surface area contributed by atoms with Crippen molar-refractivity contribution in [2.45, 2.75) is 29.9 Å². The van der Waals surface area contributed by atoms with Gasteiger partial charge in [-0.05, 0) is 11.8 Å².